The zero-order valence-corrected chi connectivity index (χ0v) is 12.5. The predicted octanol–water partition coefficient (Wildman–Crippen LogP) is 2.34. The highest BCUT2D eigenvalue weighted by molar-refractivity contribution is 7.91. The van der Waals surface area contributed by atoms with E-state index < -0.39 is 15.9 Å². The first-order valence-corrected chi connectivity index (χ1v) is 8.24. The Hall–Kier alpha value is -2.14. The fraction of sp³-hybridized carbons (Fsp3) is 0.188. The highest BCUT2D eigenvalue weighted by atomic mass is 32.2. The van der Waals surface area contributed by atoms with Crippen LogP contribution in [0.2, 0.25) is 0 Å². The van der Waals surface area contributed by atoms with E-state index in [1.165, 1.54) is 6.92 Å². The lowest BCUT2D eigenvalue weighted by molar-refractivity contribution is -0.119. The largest absolute Gasteiger partial charge is 0.348 e. The summed E-state index contributed by atoms with van der Waals surface area (Å²) in [5.41, 5.74) is 0.771. The third-order valence-corrected chi connectivity index (χ3v) is 4.83. The molecular weight excluding hydrogens is 286 g/mol. The summed E-state index contributed by atoms with van der Waals surface area (Å²) in [4.78, 5) is 11.6. The molecule has 0 aromatic heterocycles. The minimum Gasteiger partial charge on any atom is -0.348 e. The number of hydrogen-bond donors (Lipinski definition) is 1. The minimum absolute atomic E-state index is 0.166. The standard InChI is InChI=1S/C16H17NO3S/c1-13(18)17-16(14-8-4-2-5-9-14)12-21(19,20)15-10-6-3-7-11-15/h2-11,16H,12H2,1H3,(H,17,18)/t16-/m1/s1. The number of hydrogen-bond acceptors (Lipinski definition) is 3. The Morgan fingerprint density at radius 2 is 1.52 bits per heavy atom. The number of carbonyl (C=O) groups excluding carboxylic acids is 1. The molecule has 0 saturated carbocycles. The van der Waals surface area contributed by atoms with Crippen LogP contribution < -0.4 is 5.32 Å². The molecule has 110 valence electrons. The normalized spacial score (nSPS) is 12.6. The Morgan fingerprint density at radius 1 is 1.00 bits per heavy atom. The molecule has 2 aromatic carbocycles. The van der Waals surface area contributed by atoms with Gasteiger partial charge in [-0.3, -0.25) is 4.79 Å². The summed E-state index contributed by atoms with van der Waals surface area (Å²) in [6.45, 7) is 1.38. The second kappa shape index (κ2) is 6.54. The molecule has 1 amide bonds. The highest BCUT2D eigenvalue weighted by Crippen LogP contribution is 2.19. The topological polar surface area (TPSA) is 63.2 Å². The smallest absolute Gasteiger partial charge is 0.217 e. The van der Waals surface area contributed by atoms with Crippen LogP contribution in [0, 0.1) is 0 Å². The van der Waals surface area contributed by atoms with E-state index in [2.05, 4.69) is 5.32 Å². The van der Waals surface area contributed by atoms with E-state index >= 15 is 0 Å². The maximum Gasteiger partial charge on any atom is 0.217 e. The second-order valence-corrected chi connectivity index (χ2v) is 6.79. The van der Waals surface area contributed by atoms with Gasteiger partial charge in [-0.1, -0.05) is 48.5 Å². The molecule has 0 fully saturated rings. The van der Waals surface area contributed by atoms with Gasteiger partial charge in [0.2, 0.25) is 5.91 Å². The molecule has 2 aromatic rings. The first-order valence-electron chi connectivity index (χ1n) is 6.59. The summed E-state index contributed by atoms with van der Waals surface area (Å²) in [7, 11) is -3.47. The second-order valence-electron chi connectivity index (χ2n) is 4.76. The molecule has 21 heavy (non-hydrogen) atoms. The molecule has 0 saturated heterocycles. The summed E-state index contributed by atoms with van der Waals surface area (Å²) >= 11 is 0. The molecule has 1 N–H and O–H groups in total. The maximum atomic E-state index is 12.4. The monoisotopic (exact) mass is 303 g/mol. The van der Waals surface area contributed by atoms with E-state index in [0.29, 0.717) is 0 Å². The molecule has 0 bridgehead atoms. The van der Waals surface area contributed by atoms with E-state index in [1.807, 2.05) is 18.2 Å². The van der Waals surface area contributed by atoms with Gasteiger partial charge in [-0.05, 0) is 17.7 Å². The van der Waals surface area contributed by atoms with Crippen LogP contribution in [0.4, 0.5) is 0 Å². The van der Waals surface area contributed by atoms with Crippen molar-refractivity contribution < 1.29 is 13.2 Å². The molecule has 0 aliphatic heterocycles. The van der Waals surface area contributed by atoms with E-state index in [1.54, 1.807) is 42.5 Å². The fourth-order valence-corrected chi connectivity index (χ4v) is 3.57. The molecule has 1 atom stereocenters. The van der Waals surface area contributed by atoms with Crippen molar-refractivity contribution in [3.8, 4) is 0 Å². The average molecular weight is 303 g/mol. The molecule has 0 aliphatic rings. The average Bonchev–Trinajstić information content (AvgIpc) is 2.48. The zero-order valence-electron chi connectivity index (χ0n) is 11.7. The van der Waals surface area contributed by atoms with Crippen molar-refractivity contribution in [2.75, 3.05) is 5.75 Å². The summed E-state index contributed by atoms with van der Waals surface area (Å²) in [5.74, 6) is -0.423. The van der Waals surface area contributed by atoms with Gasteiger partial charge in [-0.2, -0.15) is 0 Å². The van der Waals surface area contributed by atoms with Gasteiger partial charge in [0.1, 0.15) is 0 Å². The lowest BCUT2D eigenvalue weighted by Crippen LogP contribution is -2.31. The van der Waals surface area contributed by atoms with Crippen molar-refractivity contribution in [2.45, 2.75) is 17.9 Å². The minimum atomic E-state index is -3.47. The molecule has 2 rings (SSSR count). The van der Waals surface area contributed by atoms with E-state index in [4.69, 9.17) is 0 Å². The maximum absolute atomic E-state index is 12.4. The van der Waals surface area contributed by atoms with E-state index in [0.717, 1.165) is 5.56 Å². The van der Waals surface area contributed by atoms with Crippen LogP contribution in [-0.4, -0.2) is 20.1 Å². The highest BCUT2D eigenvalue weighted by Gasteiger charge is 2.23. The number of carbonyl (C=O) groups is 1. The Morgan fingerprint density at radius 3 is 2.05 bits per heavy atom. The van der Waals surface area contributed by atoms with Gasteiger partial charge in [0.15, 0.2) is 9.84 Å². The Kier molecular flexibility index (Phi) is 4.75. The van der Waals surface area contributed by atoms with Gasteiger partial charge in [0, 0.05) is 6.92 Å². The summed E-state index contributed by atoms with van der Waals surface area (Å²) in [6.07, 6.45) is 0. The number of benzene rings is 2. The zero-order chi connectivity index (χ0) is 15.3. The van der Waals surface area contributed by atoms with Crippen LogP contribution in [-0.2, 0) is 14.6 Å². The lowest BCUT2D eigenvalue weighted by Gasteiger charge is -2.18. The Balaban J connectivity index is 2.29. The van der Waals surface area contributed by atoms with Gasteiger partial charge in [0.05, 0.1) is 16.7 Å². The summed E-state index contributed by atoms with van der Waals surface area (Å²) in [6, 6.07) is 16.8. The van der Waals surface area contributed by atoms with Crippen molar-refractivity contribution >= 4 is 15.7 Å². The number of amides is 1. The molecule has 5 heteroatoms. The van der Waals surface area contributed by atoms with E-state index in [-0.39, 0.29) is 16.6 Å². The number of nitrogens with one attached hydrogen (secondary N) is 1. The molecular formula is C16H17NO3S. The van der Waals surface area contributed by atoms with Gasteiger partial charge in [0.25, 0.3) is 0 Å². The third-order valence-electron chi connectivity index (χ3n) is 3.07. The number of sulfone groups is 1. The first kappa shape index (κ1) is 15.3. The molecule has 0 heterocycles. The number of rotatable bonds is 5. The van der Waals surface area contributed by atoms with Crippen LogP contribution >= 0.6 is 0 Å². The van der Waals surface area contributed by atoms with Crippen molar-refractivity contribution in [1.29, 1.82) is 0 Å². The Bertz CT molecular complexity index is 697. The SMILES string of the molecule is CC(=O)N[C@H](CS(=O)(=O)c1ccccc1)c1ccccc1. The van der Waals surface area contributed by atoms with Crippen LogP contribution in [0.25, 0.3) is 0 Å². The van der Waals surface area contributed by atoms with Gasteiger partial charge in [-0.25, -0.2) is 8.42 Å². The first-order chi connectivity index (χ1) is 9.99. The lowest BCUT2D eigenvalue weighted by atomic mass is 10.1. The Labute approximate surface area is 124 Å². The van der Waals surface area contributed by atoms with Crippen LogP contribution in [0.1, 0.15) is 18.5 Å². The van der Waals surface area contributed by atoms with E-state index in [9.17, 15) is 13.2 Å². The molecule has 0 unspecified atom stereocenters. The van der Waals surface area contributed by atoms with Gasteiger partial charge in [-0.15, -0.1) is 0 Å². The summed E-state index contributed by atoms with van der Waals surface area (Å²) < 4.78 is 24.9. The van der Waals surface area contributed by atoms with Gasteiger partial charge >= 0.3 is 0 Å². The van der Waals surface area contributed by atoms with Crippen LogP contribution in [0.3, 0.4) is 0 Å². The predicted molar refractivity (Wildman–Crippen MR) is 81.5 cm³/mol. The molecule has 4 nitrogen and oxygen atoms in total. The molecule has 0 radical (unpaired) electrons. The molecule has 0 aliphatic carbocycles. The van der Waals surface area contributed by atoms with Crippen LogP contribution in [0.15, 0.2) is 65.6 Å². The quantitative estimate of drug-likeness (QED) is 0.922. The van der Waals surface area contributed by atoms with Crippen molar-refractivity contribution in [3.63, 3.8) is 0 Å². The van der Waals surface area contributed by atoms with Crippen molar-refractivity contribution in [1.82, 2.24) is 5.32 Å². The fourth-order valence-electron chi connectivity index (χ4n) is 2.10. The van der Waals surface area contributed by atoms with Crippen molar-refractivity contribution in [3.05, 3.63) is 66.2 Å². The third kappa shape index (κ3) is 4.16. The van der Waals surface area contributed by atoms with Crippen LogP contribution in [0.5, 0.6) is 0 Å². The summed E-state index contributed by atoms with van der Waals surface area (Å²) in [5, 5.41) is 2.70. The van der Waals surface area contributed by atoms with Gasteiger partial charge < -0.3 is 5.32 Å². The molecule has 0 spiro atoms. The van der Waals surface area contributed by atoms with Crippen molar-refractivity contribution in [2.24, 2.45) is 0 Å².